The number of ether oxygens (including phenoxy) is 1. The van der Waals surface area contributed by atoms with Gasteiger partial charge in [0.05, 0.1) is 18.7 Å². The summed E-state index contributed by atoms with van der Waals surface area (Å²) in [7, 11) is 1.36. The van der Waals surface area contributed by atoms with E-state index in [1.165, 1.54) is 19.2 Å². The van der Waals surface area contributed by atoms with E-state index in [1.54, 1.807) is 18.2 Å². The smallest absolute Gasteiger partial charge is 0.337 e. The average molecular weight is 271 g/mol. The lowest BCUT2D eigenvalue weighted by Gasteiger charge is -2.11. The first-order valence-electron chi connectivity index (χ1n) is 6.40. The molecule has 0 amide bonds. The number of anilines is 1. The SMILES string of the molecule is COC(=O)c1ccc2c(c1)NC(c1cccc(F)c1)C2. The van der Waals surface area contributed by atoms with Crippen LogP contribution in [0.2, 0.25) is 0 Å². The number of nitrogens with one attached hydrogen (secondary N) is 1. The predicted molar refractivity (Wildman–Crippen MR) is 74.2 cm³/mol. The van der Waals surface area contributed by atoms with Gasteiger partial charge in [0.1, 0.15) is 5.82 Å². The molecule has 1 aliphatic rings. The molecule has 1 unspecified atom stereocenters. The third kappa shape index (κ3) is 2.25. The Bertz CT molecular complexity index is 669. The van der Waals surface area contributed by atoms with Gasteiger partial charge in [-0.25, -0.2) is 9.18 Å². The summed E-state index contributed by atoms with van der Waals surface area (Å²) < 4.78 is 18.0. The standard InChI is InChI=1S/C16H14FNO2/c1-20-16(19)12-6-5-11-8-14(18-15(11)9-12)10-3-2-4-13(17)7-10/h2-7,9,14,18H,8H2,1H3. The second kappa shape index (κ2) is 4.96. The van der Waals surface area contributed by atoms with Gasteiger partial charge >= 0.3 is 5.97 Å². The molecule has 2 aromatic rings. The minimum Gasteiger partial charge on any atom is -0.465 e. The molecule has 1 heterocycles. The normalized spacial score (nSPS) is 16.4. The van der Waals surface area contributed by atoms with Crippen molar-refractivity contribution in [2.45, 2.75) is 12.5 Å². The zero-order valence-electron chi connectivity index (χ0n) is 11.0. The van der Waals surface area contributed by atoms with Crippen LogP contribution in [0.5, 0.6) is 0 Å². The van der Waals surface area contributed by atoms with Crippen LogP contribution >= 0.6 is 0 Å². The molecule has 0 saturated heterocycles. The second-order valence-electron chi connectivity index (χ2n) is 4.82. The molecule has 1 N–H and O–H groups in total. The number of hydrogen-bond donors (Lipinski definition) is 1. The molecule has 3 rings (SSSR count). The van der Waals surface area contributed by atoms with Crippen LogP contribution in [-0.2, 0) is 11.2 Å². The van der Waals surface area contributed by atoms with Crippen LogP contribution in [0.25, 0.3) is 0 Å². The molecule has 102 valence electrons. The van der Waals surface area contributed by atoms with Crippen molar-refractivity contribution in [1.29, 1.82) is 0 Å². The van der Waals surface area contributed by atoms with Gasteiger partial charge in [-0.15, -0.1) is 0 Å². The van der Waals surface area contributed by atoms with Gasteiger partial charge in [-0.3, -0.25) is 0 Å². The van der Waals surface area contributed by atoms with Gasteiger partial charge in [0.2, 0.25) is 0 Å². The largest absolute Gasteiger partial charge is 0.465 e. The van der Waals surface area contributed by atoms with E-state index in [-0.39, 0.29) is 17.8 Å². The summed E-state index contributed by atoms with van der Waals surface area (Å²) >= 11 is 0. The molecule has 0 radical (unpaired) electrons. The summed E-state index contributed by atoms with van der Waals surface area (Å²) in [5.74, 6) is -0.598. The molecule has 3 nitrogen and oxygen atoms in total. The van der Waals surface area contributed by atoms with Crippen LogP contribution in [0, 0.1) is 5.82 Å². The van der Waals surface area contributed by atoms with Crippen molar-refractivity contribution < 1.29 is 13.9 Å². The minimum atomic E-state index is -0.358. The first-order valence-corrected chi connectivity index (χ1v) is 6.40. The molecule has 0 aliphatic carbocycles. The van der Waals surface area contributed by atoms with E-state index < -0.39 is 0 Å². The van der Waals surface area contributed by atoms with Gasteiger partial charge in [0.15, 0.2) is 0 Å². The minimum absolute atomic E-state index is 0.0357. The molecule has 4 heteroatoms. The fraction of sp³-hybridized carbons (Fsp3) is 0.188. The summed E-state index contributed by atoms with van der Waals surface area (Å²) in [6.45, 7) is 0. The number of hydrogen-bond acceptors (Lipinski definition) is 3. The van der Waals surface area contributed by atoms with Crippen LogP contribution in [-0.4, -0.2) is 13.1 Å². The first kappa shape index (κ1) is 12.7. The van der Waals surface area contributed by atoms with Gasteiger partial charge in [-0.05, 0) is 41.8 Å². The monoisotopic (exact) mass is 271 g/mol. The molecule has 2 aromatic carbocycles. The molecule has 20 heavy (non-hydrogen) atoms. The van der Waals surface area contributed by atoms with E-state index in [4.69, 9.17) is 4.74 Å². The van der Waals surface area contributed by atoms with Crippen molar-refractivity contribution in [2.24, 2.45) is 0 Å². The maximum absolute atomic E-state index is 13.3. The third-order valence-electron chi connectivity index (χ3n) is 3.54. The molecule has 0 spiro atoms. The number of carbonyl (C=O) groups is 1. The molecule has 0 fully saturated rings. The highest BCUT2D eigenvalue weighted by Gasteiger charge is 2.23. The van der Waals surface area contributed by atoms with Gasteiger partial charge in [-0.1, -0.05) is 18.2 Å². The van der Waals surface area contributed by atoms with Crippen molar-refractivity contribution in [1.82, 2.24) is 0 Å². The van der Waals surface area contributed by atoms with Gasteiger partial charge in [-0.2, -0.15) is 0 Å². The van der Waals surface area contributed by atoms with E-state index in [1.807, 2.05) is 12.1 Å². The lowest BCUT2D eigenvalue weighted by atomic mass is 10.0. The van der Waals surface area contributed by atoms with Gasteiger partial charge in [0.25, 0.3) is 0 Å². The predicted octanol–water partition coefficient (Wildman–Crippen LogP) is 3.32. The van der Waals surface area contributed by atoms with Crippen molar-refractivity contribution in [3.05, 3.63) is 65.0 Å². The molecule has 1 aliphatic heterocycles. The third-order valence-corrected chi connectivity index (χ3v) is 3.54. The highest BCUT2D eigenvalue weighted by atomic mass is 19.1. The zero-order chi connectivity index (χ0) is 14.1. The molecule has 0 bridgehead atoms. The van der Waals surface area contributed by atoms with Gasteiger partial charge < -0.3 is 10.1 Å². The highest BCUT2D eigenvalue weighted by molar-refractivity contribution is 5.91. The lowest BCUT2D eigenvalue weighted by Crippen LogP contribution is -2.06. The summed E-state index contributed by atoms with van der Waals surface area (Å²) in [6.07, 6.45) is 0.778. The zero-order valence-corrected chi connectivity index (χ0v) is 11.0. The van der Waals surface area contributed by atoms with Crippen molar-refractivity contribution in [2.75, 3.05) is 12.4 Å². The number of fused-ring (bicyclic) bond motifs is 1. The quantitative estimate of drug-likeness (QED) is 0.851. The molecular formula is C16H14FNO2. The average Bonchev–Trinajstić information content (AvgIpc) is 2.89. The Labute approximate surface area is 116 Å². The Balaban J connectivity index is 1.87. The summed E-state index contributed by atoms with van der Waals surface area (Å²) in [5.41, 5.74) is 3.44. The summed E-state index contributed by atoms with van der Waals surface area (Å²) in [5, 5.41) is 3.32. The Morgan fingerprint density at radius 2 is 2.15 bits per heavy atom. The van der Waals surface area contributed by atoms with Gasteiger partial charge in [0, 0.05) is 5.69 Å². The molecule has 1 atom stereocenters. The van der Waals surface area contributed by atoms with E-state index in [0.717, 1.165) is 23.2 Å². The lowest BCUT2D eigenvalue weighted by molar-refractivity contribution is 0.0601. The van der Waals surface area contributed by atoms with E-state index >= 15 is 0 Å². The number of benzene rings is 2. The second-order valence-corrected chi connectivity index (χ2v) is 4.82. The highest BCUT2D eigenvalue weighted by Crippen LogP contribution is 2.34. The van der Waals surface area contributed by atoms with Crippen LogP contribution in [0.15, 0.2) is 42.5 Å². The van der Waals surface area contributed by atoms with Crippen LogP contribution < -0.4 is 5.32 Å². The van der Waals surface area contributed by atoms with Crippen LogP contribution in [0.3, 0.4) is 0 Å². The van der Waals surface area contributed by atoms with Crippen molar-refractivity contribution in [3.8, 4) is 0 Å². The topological polar surface area (TPSA) is 38.3 Å². The molecular weight excluding hydrogens is 257 g/mol. The Morgan fingerprint density at radius 1 is 1.30 bits per heavy atom. The number of methoxy groups -OCH3 is 1. The Kier molecular flexibility index (Phi) is 3.14. The fourth-order valence-corrected chi connectivity index (χ4v) is 2.52. The molecule has 0 saturated carbocycles. The van der Waals surface area contributed by atoms with E-state index in [2.05, 4.69) is 5.32 Å². The maximum atomic E-state index is 13.3. The Morgan fingerprint density at radius 3 is 2.90 bits per heavy atom. The van der Waals surface area contributed by atoms with E-state index in [9.17, 15) is 9.18 Å². The fourth-order valence-electron chi connectivity index (χ4n) is 2.52. The molecule has 0 aromatic heterocycles. The van der Waals surface area contributed by atoms with E-state index in [0.29, 0.717) is 5.56 Å². The summed E-state index contributed by atoms with van der Waals surface area (Å²) in [4.78, 5) is 11.5. The summed E-state index contributed by atoms with van der Waals surface area (Å²) in [6, 6.07) is 12.0. The van der Waals surface area contributed by atoms with Crippen LogP contribution in [0.4, 0.5) is 10.1 Å². The number of esters is 1. The number of halogens is 1. The van der Waals surface area contributed by atoms with Crippen molar-refractivity contribution >= 4 is 11.7 Å². The number of rotatable bonds is 2. The number of carbonyl (C=O) groups excluding carboxylic acids is 1. The van der Waals surface area contributed by atoms with Crippen LogP contribution in [0.1, 0.15) is 27.5 Å². The maximum Gasteiger partial charge on any atom is 0.337 e. The first-order chi connectivity index (χ1) is 9.67. The Hall–Kier alpha value is -2.36. The van der Waals surface area contributed by atoms with Crippen molar-refractivity contribution in [3.63, 3.8) is 0 Å².